The third kappa shape index (κ3) is 4.49. The van der Waals surface area contributed by atoms with Crippen molar-refractivity contribution in [2.24, 2.45) is 7.05 Å². The third-order valence-corrected chi connectivity index (χ3v) is 4.94. The van der Waals surface area contributed by atoms with Gasteiger partial charge in [0.15, 0.2) is 5.76 Å². The fourth-order valence-corrected chi connectivity index (χ4v) is 3.35. The summed E-state index contributed by atoms with van der Waals surface area (Å²) in [5, 5.41) is 11.6. The van der Waals surface area contributed by atoms with Crippen molar-refractivity contribution in [1.29, 1.82) is 0 Å². The number of amides is 2. The van der Waals surface area contributed by atoms with Gasteiger partial charge in [0.05, 0.1) is 11.9 Å². The summed E-state index contributed by atoms with van der Waals surface area (Å²) in [5.74, 6) is 0.591. The highest BCUT2D eigenvalue weighted by Gasteiger charge is 2.20. The largest absolute Gasteiger partial charge is 0.485 e. The zero-order valence-corrected chi connectivity index (χ0v) is 17.9. The average molecular weight is 432 g/mol. The lowest BCUT2D eigenvalue weighted by Crippen LogP contribution is -2.27. The van der Waals surface area contributed by atoms with Crippen molar-refractivity contribution >= 4 is 28.3 Å². The molecule has 0 aliphatic heterocycles. The fourth-order valence-electron chi connectivity index (χ4n) is 3.35. The first-order valence-electron chi connectivity index (χ1n) is 10.4. The molecule has 8 nitrogen and oxygen atoms in total. The van der Waals surface area contributed by atoms with E-state index in [9.17, 15) is 9.59 Å². The highest BCUT2D eigenvalue weighted by molar-refractivity contribution is 6.07. The van der Waals surface area contributed by atoms with Gasteiger partial charge in [-0.3, -0.25) is 14.3 Å². The molecule has 2 aromatic carbocycles. The molecule has 4 rings (SSSR count). The lowest BCUT2D eigenvalue weighted by Gasteiger charge is -2.08. The van der Waals surface area contributed by atoms with E-state index in [1.54, 1.807) is 19.2 Å². The molecule has 0 bridgehead atoms. The number of aromatic nitrogens is 2. The molecule has 2 N–H and O–H groups in total. The van der Waals surface area contributed by atoms with Gasteiger partial charge >= 0.3 is 0 Å². The summed E-state index contributed by atoms with van der Waals surface area (Å²) < 4.78 is 13.0. The van der Waals surface area contributed by atoms with Crippen molar-refractivity contribution in [1.82, 2.24) is 15.1 Å². The van der Waals surface area contributed by atoms with Crippen LogP contribution in [0.4, 0.5) is 5.69 Å². The Bertz CT molecular complexity index is 1250. The molecule has 4 aromatic rings. The van der Waals surface area contributed by atoms with E-state index in [0.29, 0.717) is 18.0 Å². The minimum absolute atomic E-state index is 0.116. The number of carbonyl (C=O) groups is 2. The predicted molar refractivity (Wildman–Crippen MR) is 121 cm³/mol. The molecule has 0 saturated heterocycles. The Kier molecular flexibility index (Phi) is 6.21. The van der Waals surface area contributed by atoms with E-state index in [0.717, 1.165) is 22.9 Å². The summed E-state index contributed by atoms with van der Waals surface area (Å²) >= 11 is 0. The van der Waals surface area contributed by atoms with Gasteiger partial charge in [-0.1, -0.05) is 43.3 Å². The van der Waals surface area contributed by atoms with Crippen molar-refractivity contribution in [3.05, 3.63) is 78.0 Å². The summed E-state index contributed by atoms with van der Waals surface area (Å²) in [6.45, 7) is 2.68. The van der Waals surface area contributed by atoms with Gasteiger partial charge in [0.25, 0.3) is 11.8 Å². The second-order valence-electron chi connectivity index (χ2n) is 7.27. The van der Waals surface area contributed by atoms with E-state index in [4.69, 9.17) is 9.15 Å². The molecule has 32 heavy (non-hydrogen) atoms. The number of hydrogen-bond acceptors (Lipinski definition) is 5. The van der Waals surface area contributed by atoms with E-state index in [1.807, 2.05) is 49.4 Å². The van der Waals surface area contributed by atoms with Crippen LogP contribution in [-0.2, 0) is 13.7 Å². The van der Waals surface area contributed by atoms with E-state index in [1.165, 1.54) is 10.9 Å². The van der Waals surface area contributed by atoms with Gasteiger partial charge < -0.3 is 19.8 Å². The quantitative estimate of drug-likeness (QED) is 0.436. The summed E-state index contributed by atoms with van der Waals surface area (Å²) in [6.07, 6.45) is 2.24. The summed E-state index contributed by atoms with van der Waals surface area (Å²) in [7, 11) is 1.64. The molecule has 0 unspecified atom stereocenters. The molecule has 0 atom stereocenters. The molecule has 2 aromatic heterocycles. The van der Waals surface area contributed by atoms with Crippen LogP contribution in [0.1, 0.15) is 40.1 Å². The lowest BCUT2D eigenvalue weighted by atomic mass is 10.1. The molecule has 2 heterocycles. The van der Waals surface area contributed by atoms with Gasteiger partial charge in [0.1, 0.15) is 23.8 Å². The zero-order valence-electron chi connectivity index (χ0n) is 17.9. The van der Waals surface area contributed by atoms with Gasteiger partial charge in [-0.05, 0) is 30.0 Å². The van der Waals surface area contributed by atoms with Crippen molar-refractivity contribution in [3.8, 4) is 5.75 Å². The van der Waals surface area contributed by atoms with Crippen LogP contribution >= 0.6 is 0 Å². The lowest BCUT2D eigenvalue weighted by molar-refractivity contribution is 0.0945. The summed E-state index contributed by atoms with van der Waals surface area (Å²) in [4.78, 5) is 25.0. The second kappa shape index (κ2) is 9.38. The Morgan fingerprint density at radius 2 is 1.88 bits per heavy atom. The molecule has 0 aliphatic rings. The summed E-state index contributed by atoms with van der Waals surface area (Å²) in [6, 6.07) is 17.1. The number of nitrogens with one attached hydrogen (secondary N) is 2. The van der Waals surface area contributed by atoms with Gasteiger partial charge in [0, 0.05) is 19.0 Å². The molecular weight excluding hydrogens is 408 g/mol. The minimum atomic E-state index is -0.473. The first-order valence-corrected chi connectivity index (χ1v) is 10.4. The monoisotopic (exact) mass is 432 g/mol. The molecule has 0 aliphatic carbocycles. The number of nitrogens with zero attached hydrogens (tertiary/aromatic N) is 2. The van der Waals surface area contributed by atoms with E-state index >= 15 is 0 Å². The number of benzene rings is 2. The number of hydrogen-bond donors (Lipinski definition) is 2. The van der Waals surface area contributed by atoms with Crippen LogP contribution in [-0.4, -0.2) is 28.1 Å². The van der Waals surface area contributed by atoms with Gasteiger partial charge in [-0.25, -0.2) is 0 Å². The maximum atomic E-state index is 12.7. The normalized spacial score (nSPS) is 10.8. The number of ether oxygens (including phenoxy) is 1. The molecular formula is C24H24N4O4. The van der Waals surface area contributed by atoms with Crippen molar-refractivity contribution in [2.75, 3.05) is 11.9 Å². The van der Waals surface area contributed by atoms with Crippen LogP contribution in [0.25, 0.3) is 10.8 Å². The van der Waals surface area contributed by atoms with Crippen LogP contribution < -0.4 is 15.4 Å². The van der Waals surface area contributed by atoms with Gasteiger partial charge in [-0.2, -0.15) is 5.10 Å². The Hall–Kier alpha value is -4.07. The zero-order chi connectivity index (χ0) is 22.5. The predicted octanol–water partition coefficient (Wildman–Crippen LogP) is 4.14. The SMILES string of the molecule is CCCNC(=O)c1c(NC(=O)c2ccc(COc3cccc4ccccc34)o2)cnn1C. The Labute approximate surface area is 185 Å². The van der Waals surface area contributed by atoms with Crippen LogP contribution in [0.5, 0.6) is 5.75 Å². The maximum Gasteiger partial charge on any atom is 0.291 e. The number of carbonyl (C=O) groups excluding carboxylic acids is 2. The van der Waals surface area contributed by atoms with E-state index < -0.39 is 5.91 Å². The molecule has 0 radical (unpaired) electrons. The highest BCUT2D eigenvalue weighted by Crippen LogP contribution is 2.26. The van der Waals surface area contributed by atoms with Crippen LogP contribution in [0.15, 0.2) is 65.2 Å². The molecule has 0 saturated carbocycles. The number of rotatable bonds is 8. The second-order valence-corrected chi connectivity index (χ2v) is 7.27. The van der Waals surface area contributed by atoms with Crippen molar-refractivity contribution < 1.29 is 18.7 Å². The van der Waals surface area contributed by atoms with Gasteiger partial charge in [-0.15, -0.1) is 0 Å². The van der Waals surface area contributed by atoms with Crippen LogP contribution in [0.2, 0.25) is 0 Å². The number of furan rings is 1. The fraction of sp³-hybridized carbons (Fsp3) is 0.208. The smallest absolute Gasteiger partial charge is 0.291 e. The van der Waals surface area contributed by atoms with E-state index in [2.05, 4.69) is 15.7 Å². The maximum absolute atomic E-state index is 12.7. The minimum Gasteiger partial charge on any atom is -0.485 e. The standard InChI is InChI=1S/C24H24N4O4/c1-3-13-25-24(30)22-19(14-26-28(22)2)27-23(29)21-12-11-17(32-21)15-31-20-10-6-8-16-7-4-5-9-18(16)20/h4-12,14H,3,13,15H2,1-2H3,(H,25,30)(H,27,29). The Balaban J connectivity index is 1.43. The van der Waals surface area contributed by atoms with E-state index in [-0.39, 0.29) is 24.0 Å². The number of anilines is 1. The first-order chi connectivity index (χ1) is 15.6. The summed E-state index contributed by atoms with van der Waals surface area (Å²) in [5.41, 5.74) is 0.592. The molecule has 2 amide bonds. The van der Waals surface area contributed by atoms with Crippen molar-refractivity contribution in [3.63, 3.8) is 0 Å². The molecule has 164 valence electrons. The molecule has 8 heteroatoms. The number of aryl methyl sites for hydroxylation is 1. The molecule has 0 spiro atoms. The van der Waals surface area contributed by atoms with Crippen LogP contribution in [0.3, 0.4) is 0 Å². The van der Waals surface area contributed by atoms with Crippen molar-refractivity contribution in [2.45, 2.75) is 20.0 Å². The average Bonchev–Trinajstić information content (AvgIpc) is 3.43. The third-order valence-electron chi connectivity index (χ3n) is 4.94. The Morgan fingerprint density at radius 1 is 1.06 bits per heavy atom. The highest BCUT2D eigenvalue weighted by atomic mass is 16.5. The Morgan fingerprint density at radius 3 is 2.72 bits per heavy atom. The molecule has 0 fully saturated rings. The number of fused-ring (bicyclic) bond motifs is 1. The van der Waals surface area contributed by atoms with Gasteiger partial charge in [0.2, 0.25) is 0 Å². The van der Waals surface area contributed by atoms with Crippen LogP contribution in [0, 0.1) is 0 Å². The topological polar surface area (TPSA) is 98.4 Å². The first kappa shape index (κ1) is 21.2.